The largest absolute Gasteiger partial charge is 0.479 e. The van der Waals surface area contributed by atoms with Gasteiger partial charge in [-0.05, 0) is 24.1 Å². The highest BCUT2D eigenvalue weighted by atomic mass is 32.2. The van der Waals surface area contributed by atoms with E-state index in [1.807, 2.05) is 12.1 Å². The molecule has 0 fully saturated rings. The zero-order valence-corrected chi connectivity index (χ0v) is 11.1. The molecule has 3 nitrogen and oxygen atoms in total. The van der Waals surface area contributed by atoms with E-state index in [4.69, 9.17) is 5.11 Å². The summed E-state index contributed by atoms with van der Waals surface area (Å²) in [5.41, 5.74) is -1.35. The summed E-state index contributed by atoms with van der Waals surface area (Å²) in [6, 6.07) is 7.07. The van der Waals surface area contributed by atoms with E-state index in [9.17, 15) is 9.90 Å². The topological polar surface area (TPSA) is 57.5 Å². The number of aliphatic carboxylic acids is 1. The monoisotopic (exact) mass is 254 g/mol. The van der Waals surface area contributed by atoms with Gasteiger partial charge in [0.15, 0.2) is 5.60 Å². The Kier molecular flexibility index (Phi) is 4.60. The predicted molar refractivity (Wildman–Crippen MR) is 69.3 cm³/mol. The number of carboxylic acids is 1. The number of carbonyl (C=O) groups is 1. The van der Waals surface area contributed by atoms with Crippen molar-refractivity contribution in [3.05, 3.63) is 29.8 Å². The van der Waals surface area contributed by atoms with E-state index in [2.05, 4.69) is 13.8 Å². The van der Waals surface area contributed by atoms with Gasteiger partial charge in [-0.2, -0.15) is 0 Å². The van der Waals surface area contributed by atoms with Crippen LogP contribution in [-0.2, 0) is 10.4 Å². The standard InChI is InChI=1S/C13H18O3S/c1-4-13(16,12(14)15)10-5-7-11(8-6-10)17-9(2)3/h5-9,16H,4H2,1-3H3,(H,14,15). The van der Waals surface area contributed by atoms with Gasteiger partial charge in [-0.3, -0.25) is 0 Å². The van der Waals surface area contributed by atoms with Crippen molar-refractivity contribution >= 4 is 17.7 Å². The second kappa shape index (κ2) is 5.56. The molecule has 17 heavy (non-hydrogen) atoms. The van der Waals surface area contributed by atoms with Crippen LogP contribution in [0.5, 0.6) is 0 Å². The minimum atomic E-state index is -1.78. The van der Waals surface area contributed by atoms with E-state index in [1.165, 1.54) is 0 Å². The summed E-state index contributed by atoms with van der Waals surface area (Å²) in [6.45, 7) is 5.85. The van der Waals surface area contributed by atoms with Crippen LogP contribution >= 0.6 is 11.8 Å². The second-order valence-electron chi connectivity index (χ2n) is 4.21. The molecule has 1 aromatic rings. The Morgan fingerprint density at radius 3 is 2.24 bits per heavy atom. The number of rotatable bonds is 5. The molecular weight excluding hydrogens is 236 g/mol. The zero-order chi connectivity index (χ0) is 13.1. The van der Waals surface area contributed by atoms with Gasteiger partial charge < -0.3 is 10.2 Å². The molecule has 94 valence electrons. The normalized spacial score (nSPS) is 14.6. The summed E-state index contributed by atoms with van der Waals surface area (Å²) in [5, 5.41) is 19.6. The van der Waals surface area contributed by atoms with Gasteiger partial charge in [-0.25, -0.2) is 4.79 Å². The maximum Gasteiger partial charge on any atom is 0.340 e. The van der Waals surface area contributed by atoms with Crippen LogP contribution in [0.4, 0.5) is 0 Å². The van der Waals surface area contributed by atoms with Gasteiger partial charge in [-0.15, -0.1) is 11.8 Å². The molecule has 0 radical (unpaired) electrons. The lowest BCUT2D eigenvalue weighted by Gasteiger charge is -2.22. The first-order valence-electron chi connectivity index (χ1n) is 5.63. The SMILES string of the molecule is CCC(O)(C(=O)O)c1ccc(SC(C)C)cc1. The Morgan fingerprint density at radius 2 is 1.88 bits per heavy atom. The average Bonchev–Trinajstić information content (AvgIpc) is 2.28. The third kappa shape index (κ3) is 3.23. The first-order valence-corrected chi connectivity index (χ1v) is 6.51. The third-order valence-corrected chi connectivity index (χ3v) is 3.58. The smallest absolute Gasteiger partial charge is 0.340 e. The molecule has 0 aromatic heterocycles. The number of thioether (sulfide) groups is 1. The molecule has 1 rings (SSSR count). The van der Waals surface area contributed by atoms with Crippen LogP contribution in [0.3, 0.4) is 0 Å². The fourth-order valence-electron chi connectivity index (χ4n) is 1.56. The van der Waals surface area contributed by atoms with E-state index in [1.54, 1.807) is 30.8 Å². The predicted octanol–water partition coefficient (Wildman–Crippen LogP) is 2.87. The van der Waals surface area contributed by atoms with E-state index in [-0.39, 0.29) is 6.42 Å². The Bertz CT molecular complexity index is 386. The maximum atomic E-state index is 11.1. The van der Waals surface area contributed by atoms with Crippen molar-refractivity contribution in [3.63, 3.8) is 0 Å². The summed E-state index contributed by atoms with van der Waals surface area (Å²) in [6.07, 6.45) is 0.152. The van der Waals surface area contributed by atoms with Gasteiger partial charge in [-0.1, -0.05) is 32.9 Å². The minimum Gasteiger partial charge on any atom is -0.479 e. The molecule has 0 aliphatic carbocycles. The Hall–Kier alpha value is -1.00. The number of benzene rings is 1. The summed E-state index contributed by atoms with van der Waals surface area (Å²) in [4.78, 5) is 12.1. The van der Waals surface area contributed by atoms with Gasteiger partial charge in [0.05, 0.1) is 0 Å². The van der Waals surface area contributed by atoms with Gasteiger partial charge in [0.1, 0.15) is 0 Å². The highest BCUT2D eigenvalue weighted by Gasteiger charge is 2.35. The van der Waals surface area contributed by atoms with Crippen LogP contribution in [0.1, 0.15) is 32.8 Å². The zero-order valence-electron chi connectivity index (χ0n) is 10.3. The first kappa shape index (κ1) is 14.1. The number of hydrogen-bond acceptors (Lipinski definition) is 3. The lowest BCUT2D eigenvalue weighted by molar-refractivity contribution is -0.160. The van der Waals surface area contributed by atoms with Crippen LogP contribution in [0.25, 0.3) is 0 Å². The Morgan fingerprint density at radius 1 is 1.35 bits per heavy atom. The number of aliphatic hydroxyl groups is 1. The van der Waals surface area contributed by atoms with Crippen molar-refractivity contribution < 1.29 is 15.0 Å². The molecule has 1 unspecified atom stereocenters. The lowest BCUT2D eigenvalue weighted by Crippen LogP contribution is -2.34. The Labute approximate surface area is 106 Å². The molecule has 0 saturated carbocycles. The van der Waals surface area contributed by atoms with Crippen LogP contribution < -0.4 is 0 Å². The molecule has 1 atom stereocenters. The molecule has 0 aliphatic rings. The van der Waals surface area contributed by atoms with Crippen molar-refractivity contribution in [2.24, 2.45) is 0 Å². The lowest BCUT2D eigenvalue weighted by atomic mass is 9.91. The van der Waals surface area contributed by atoms with Gasteiger partial charge >= 0.3 is 5.97 Å². The summed E-state index contributed by atoms with van der Waals surface area (Å²) >= 11 is 1.70. The van der Waals surface area contributed by atoms with Gasteiger partial charge in [0, 0.05) is 10.1 Å². The van der Waals surface area contributed by atoms with Crippen molar-refractivity contribution in [1.29, 1.82) is 0 Å². The molecule has 0 aliphatic heterocycles. The highest BCUT2D eigenvalue weighted by molar-refractivity contribution is 7.99. The first-order chi connectivity index (χ1) is 7.90. The summed E-state index contributed by atoms with van der Waals surface area (Å²) < 4.78 is 0. The van der Waals surface area contributed by atoms with Crippen LogP contribution in [0, 0.1) is 0 Å². The van der Waals surface area contributed by atoms with Crippen molar-refractivity contribution in [2.75, 3.05) is 0 Å². The highest BCUT2D eigenvalue weighted by Crippen LogP contribution is 2.29. The van der Waals surface area contributed by atoms with Crippen molar-refractivity contribution in [1.82, 2.24) is 0 Å². The van der Waals surface area contributed by atoms with E-state index < -0.39 is 11.6 Å². The average molecular weight is 254 g/mol. The molecule has 1 aromatic carbocycles. The maximum absolute atomic E-state index is 11.1. The van der Waals surface area contributed by atoms with Crippen molar-refractivity contribution in [2.45, 2.75) is 42.9 Å². The fraction of sp³-hybridized carbons (Fsp3) is 0.462. The fourth-order valence-corrected chi connectivity index (χ4v) is 2.40. The number of carboxylic acid groups (broad SMARTS) is 1. The van der Waals surface area contributed by atoms with E-state index >= 15 is 0 Å². The van der Waals surface area contributed by atoms with Crippen molar-refractivity contribution in [3.8, 4) is 0 Å². The molecule has 0 bridgehead atoms. The van der Waals surface area contributed by atoms with Gasteiger partial charge in [0.2, 0.25) is 0 Å². The molecule has 0 spiro atoms. The third-order valence-electron chi connectivity index (χ3n) is 2.57. The second-order valence-corrected chi connectivity index (χ2v) is 5.86. The number of hydrogen-bond donors (Lipinski definition) is 2. The molecule has 4 heteroatoms. The molecule has 0 amide bonds. The van der Waals surface area contributed by atoms with E-state index in [0.29, 0.717) is 10.8 Å². The van der Waals surface area contributed by atoms with Crippen LogP contribution in [0.15, 0.2) is 29.2 Å². The molecule has 2 N–H and O–H groups in total. The Balaban J connectivity index is 2.97. The summed E-state index contributed by atoms with van der Waals surface area (Å²) in [7, 11) is 0. The quantitative estimate of drug-likeness (QED) is 0.793. The van der Waals surface area contributed by atoms with E-state index in [0.717, 1.165) is 4.90 Å². The van der Waals surface area contributed by atoms with Gasteiger partial charge in [0.25, 0.3) is 0 Å². The molecule has 0 heterocycles. The van der Waals surface area contributed by atoms with Crippen LogP contribution in [-0.4, -0.2) is 21.4 Å². The molecule has 0 saturated heterocycles. The molecular formula is C13H18O3S. The summed E-state index contributed by atoms with van der Waals surface area (Å²) in [5.74, 6) is -1.20. The minimum absolute atomic E-state index is 0.152. The van der Waals surface area contributed by atoms with Crippen LogP contribution in [0.2, 0.25) is 0 Å².